The molecule has 32 heavy (non-hydrogen) atoms. The Morgan fingerprint density at radius 1 is 0.656 bits per heavy atom. The van der Waals surface area contributed by atoms with Gasteiger partial charge in [-0.3, -0.25) is 0 Å². The zero-order chi connectivity index (χ0) is 24.1. The Kier molecular flexibility index (Phi) is 6.46. The average molecular weight is 450 g/mol. The third-order valence-corrected chi connectivity index (χ3v) is 9.54. The first kappa shape index (κ1) is 25.0. The summed E-state index contributed by atoms with van der Waals surface area (Å²) >= 11 is 0. The summed E-state index contributed by atoms with van der Waals surface area (Å²) in [6.07, 6.45) is 2.08. The Balaban J connectivity index is 1.85. The molecule has 3 rings (SSSR count). The SMILES string of the molecule is COc1nc(ON2CCC(C)C(C)(C)C2(C)C)nc(ON2CCC(C)C(C)(C)C2(C)C)n1. The minimum atomic E-state index is -0.208. The fourth-order valence-electron chi connectivity index (χ4n) is 4.76. The molecule has 0 aromatic carbocycles. The molecule has 8 nitrogen and oxygen atoms in total. The Morgan fingerprint density at radius 3 is 1.34 bits per heavy atom. The maximum absolute atomic E-state index is 6.23. The van der Waals surface area contributed by atoms with E-state index in [1.165, 1.54) is 7.11 Å². The molecule has 0 radical (unpaired) electrons. The molecule has 2 unspecified atom stereocenters. The first-order chi connectivity index (χ1) is 14.6. The molecular formula is C24H43N5O3. The molecule has 2 saturated heterocycles. The third-order valence-electron chi connectivity index (χ3n) is 9.54. The summed E-state index contributed by atoms with van der Waals surface area (Å²) < 4.78 is 5.33. The number of ether oxygens (including phenoxy) is 1. The van der Waals surface area contributed by atoms with Crippen LogP contribution < -0.4 is 14.4 Å². The van der Waals surface area contributed by atoms with Gasteiger partial charge in [0.05, 0.1) is 18.2 Å². The summed E-state index contributed by atoms with van der Waals surface area (Å²) in [5.74, 6) is 1.16. The Hall–Kier alpha value is -1.67. The summed E-state index contributed by atoms with van der Waals surface area (Å²) in [7, 11) is 1.54. The minimum Gasteiger partial charge on any atom is -0.467 e. The lowest BCUT2D eigenvalue weighted by molar-refractivity contribution is -0.220. The number of nitrogens with zero attached hydrogens (tertiary/aromatic N) is 5. The summed E-state index contributed by atoms with van der Waals surface area (Å²) in [5.41, 5.74) is -0.301. The second-order valence-corrected chi connectivity index (χ2v) is 11.7. The predicted molar refractivity (Wildman–Crippen MR) is 124 cm³/mol. The molecule has 0 amide bonds. The van der Waals surface area contributed by atoms with E-state index in [1.807, 2.05) is 10.1 Å². The molecule has 0 aliphatic carbocycles. The van der Waals surface area contributed by atoms with Crippen LogP contribution in [0.2, 0.25) is 0 Å². The van der Waals surface area contributed by atoms with E-state index in [0.29, 0.717) is 11.8 Å². The third kappa shape index (κ3) is 4.04. The van der Waals surface area contributed by atoms with Gasteiger partial charge in [0.1, 0.15) is 0 Å². The Labute approximate surface area is 194 Å². The van der Waals surface area contributed by atoms with Crippen molar-refractivity contribution in [2.45, 2.75) is 93.2 Å². The number of piperidine rings is 2. The first-order valence-electron chi connectivity index (χ1n) is 11.9. The van der Waals surface area contributed by atoms with Gasteiger partial charge in [-0.2, -0.15) is 0 Å². The first-order valence-corrected chi connectivity index (χ1v) is 11.9. The number of rotatable bonds is 5. The van der Waals surface area contributed by atoms with E-state index in [9.17, 15) is 0 Å². The van der Waals surface area contributed by atoms with Crippen LogP contribution in [-0.4, -0.2) is 56.4 Å². The summed E-state index contributed by atoms with van der Waals surface area (Å²) in [5, 5.41) is 3.97. The molecule has 2 atom stereocenters. The topological polar surface area (TPSA) is 72.8 Å². The number of aromatic nitrogens is 3. The fourth-order valence-corrected chi connectivity index (χ4v) is 4.76. The van der Waals surface area contributed by atoms with Gasteiger partial charge in [0.25, 0.3) is 0 Å². The van der Waals surface area contributed by atoms with E-state index < -0.39 is 0 Å². The van der Waals surface area contributed by atoms with Crippen molar-refractivity contribution in [1.82, 2.24) is 25.1 Å². The lowest BCUT2D eigenvalue weighted by atomic mass is 9.63. The number of hydrogen-bond donors (Lipinski definition) is 0. The van der Waals surface area contributed by atoms with Gasteiger partial charge in [-0.25, -0.2) is 0 Å². The maximum Gasteiger partial charge on any atom is 0.345 e. The van der Waals surface area contributed by atoms with E-state index >= 15 is 0 Å². The van der Waals surface area contributed by atoms with Gasteiger partial charge in [-0.1, -0.05) is 41.5 Å². The number of hydroxylamine groups is 4. The van der Waals surface area contributed by atoms with Gasteiger partial charge in [0.15, 0.2) is 0 Å². The largest absolute Gasteiger partial charge is 0.467 e. The molecule has 3 heterocycles. The second kappa shape index (κ2) is 8.28. The summed E-state index contributed by atoms with van der Waals surface area (Å²) in [6.45, 7) is 24.2. The maximum atomic E-state index is 6.23. The van der Waals surface area contributed by atoms with Crippen molar-refractivity contribution in [3.8, 4) is 18.0 Å². The Morgan fingerprint density at radius 2 is 1.00 bits per heavy atom. The number of hydrogen-bond acceptors (Lipinski definition) is 8. The van der Waals surface area contributed by atoms with E-state index in [-0.39, 0.29) is 39.9 Å². The van der Waals surface area contributed by atoms with Crippen LogP contribution in [0.4, 0.5) is 0 Å². The smallest absolute Gasteiger partial charge is 0.345 e. The van der Waals surface area contributed by atoms with Crippen molar-refractivity contribution in [3.63, 3.8) is 0 Å². The molecule has 0 saturated carbocycles. The van der Waals surface area contributed by atoms with Gasteiger partial charge in [0, 0.05) is 13.1 Å². The standard InChI is InChI=1S/C24H43N5O3/c1-16-12-14-28(23(7,8)21(16,3)4)31-19-25-18(30-11)26-20(27-19)32-29-15-13-17(2)22(5,6)24(29,9)10/h16-17H,12-15H2,1-11H3. The molecule has 182 valence electrons. The average Bonchev–Trinajstić information content (AvgIpc) is 2.70. The molecule has 2 fully saturated rings. The molecule has 0 bridgehead atoms. The summed E-state index contributed by atoms with van der Waals surface area (Å²) in [6, 6.07) is 0.551. The quantitative estimate of drug-likeness (QED) is 0.637. The fraction of sp³-hybridized carbons (Fsp3) is 0.875. The molecule has 2 aliphatic heterocycles. The normalized spacial score (nSPS) is 29.3. The zero-order valence-corrected chi connectivity index (χ0v) is 21.9. The van der Waals surface area contributed by atoms with Crippen molar-refractivity contribution in [1.29, 1.82) is 0 Å². The van der Waals surface area contributed by atoms with Gasteiger partial charge < -0.3 is 14.4 Å². The molecule has 1 aromatic heterocycles. The minimum absolute atomic E-state index is 0.0573. The predicted octanol–water partition coefficient (Wildman–Crippen LogP) is 4.76. The zero-order valence-electron chi connectivity index (χ0n) is 21.9. The van der Waals surface area contributed by atoms with Crippen LogP contribution >= 0.6 is 0 Å². The van der Waals surface area contributed by atoms with Crippen LogP contribution in [0.3, 0.4) is 0 Å². The Bertz CT molecular complexity index is 762. The molecular weight excluding hydrogens is 406 g/mol. The van der Waals surface area contributed by atoms with Crippen molar-refractivity contribution in [3.05, 3.63) is 0 Å². The van der Waals surface area contributed by atoms with Crippen LogP contribution in [0.5, 0.6) is 18.0 Å². The lowest BCUT2D eigenvalue weighted by Gasteiger charge is -2.54. The molecule has 8 heteroatoms. The molecule has 2 aliphatic rings. The molecule has 1 aromatic rings. The molecule has 0 N–H and O–H groups in total. The van der Waals surface area contributed by atoms with Gasteiger partial charge in [0.2, 0.25) is 0 Å². The van der Waals surface area contributed by atoms with Crippen molar-refractivity contribution >= 4 is 0 Å². The van der Waals surface area contributed by atoms with Crippen molar-refractivity contribution in [2.24, 2.45) is 22.7 Å². The van der Waals surface area contributed by atoms with Gasteiger partial charge in [-0.05, 0) is 63.2 Å². The van der Waals surface area contributed by atoms with E-state index in [0.717, 1.165) is 25.9 Å². The van der Waals surface area contributed by atoms with Crippen LogP contribution in [-0.2, 0) is 0 Å². The van der Waals surface area contributed by atoms with Crippen LogP contribution in [0.25, 0.3) is 0 Å². The highest BCUT2D eigenvalue weighted by Gasteiger charge is 2.51. The number of methoxy groups -OCH3 is 1. The van der Waals surface area contributed by atoms with E-state index in [4.69, 9.17) is 14.4 Å². The second-order valence-electron chi connectivity index (χ2n) is 11.7. The van der Waals surface area contributed by atoms with Crippen LogP contribution in [0.1, 0.15) is 82.1 Å². The van der Waals surface area contributed by atoms with Crippen LogP contribution in [0.15, 0.2) is 0 Å². The van der Waals surface area contributed by atoms with Gasteiger partial charge >= 0.3 is 18.0 Å². The van der Waals surface area contributed by atoms with Crippen LogP contribution in [0, 0.1) is 22.7 Å². The lowest BCUT2D eigenvalue weighted by Crippen LogP contribution is -2.62. The van der Waals surface area contributed by atoms with E-state index in [1.54, 1.807) is 0 Å². The monoisotopic (exact) mass is 449 g/mol. The van der Waals surface area contributed by atoms with Crippen molar-refractivity contribution in [2.75, 3.05) is 20.2 Å². The highest BCUT2D eigenvalue weighted by molar-refractivity contribution is 5.10. The van der Waals surface area contributed by atoms with Crippen molar-refractivity contribution < 1.29 is 14.4 Å². The summed E-state index contributed by atoms with van der Waals surface area (Å²) in [4.78, 5) is 25.6. The highest BCUT2D eigenvalue weighted by atomic mass is 16.7. The molecule has 0 spiro atoms. The van der Waals surface area contributed by atoms with Gasteiger partial charge in [-0.15, -0.1) is 25.1 Å². The van der Waals surface area contributed by atoms with E-state index in [2.05, 4.69) is 84.2 Å². The highest BCUT2D eigenvalue weighted by Crippen LogP contribution is 2.48.